The number of nitrogens with zero attached hydrogens (tertiary/aromatic N) is 2. The van der Waals surface area contributed by atoms with E-state index in [1.54, 1.807) is 6.20 Å². The summed E-state index contributed by atoms with van der Waals surface area (Å²) in [5.41, 5.74) is 2.03. The topological polar surface area (TPSA) is 53.6 Å². The fourth-order valence-corrected chi connectivity index (χ4v) is 1.57. The Hall–Kier alpha value is -1.58. The van der Waals surface area contributed by atoms with Gasteiger partial charge < -0.3 is 5.32 Å². The molecular weight excluding hydrogens is 188 g/mol. The van der Waals surface area contributed by atoms with E-state index in [0.29, 0.717) is 6.04 Å². The lowest BCUT2D eigenvalue weighted by atomic mass is 10.2. The highest BCUT2D eigenvalue weighted by Crippen LogP contribution is 2.22. The Bertz CT molecular complexity index is 461. The number of H-pyrrole nitrogens is 1. The predicted octanol–water partition coefficient (Wildman–Crippen LogP) is 2.48. The van der Waals surface area contributed by atoms with Gasteiger partial charge in [-0.2, -0.15) is 5.10 Å². The molecule has 0 bridgehead atoms. The van der Waals surface area contributed by atoms with Gasteiger partial charge in [-0.25, -0.2) is 4.98 Å². The minimum Gasteiger partial charge on any atom is -0.367 e. The van der Waals surface area contributed by atoms with Crippen LogP contribution in [0.15, 0.2) is 12.3 Å². The van der Waals surface area contributed by atoms with Crippen LogP contribution in [-0.4, -0.2) is 21.2 Å². The predicted molar refractivity (Wildman–Crippen MR) is 62.0 cm³/mol. The summed E-state index contributed by atoms with van der Waals surface area (Å²) in [4.78, 5) is 4.36. The number of aryl methyl sites for hydroxylation is 1. The lowest BCUT2D eigenvalue weighted by molar-refractivity contribution is 0.760. The first-order valence-electron chi connectivity index (χ1n) is 5.28. The molecule has 0 amide bonds. The van der Waals surface area contributed by atoms with E-state index in [0.717, 1.165) is 28.8 Å². The SMILES string of the molecule is CC[C@H](C)Nc1nccc2[nH]nc(C)c12. The summed E-state index contributed by atoms with van der Waals surface area (Å²) >= 11 is 0. The average Bonchev–Trinajstić information content (AvgIpc) is 2.61. The smallest absolute Gasteiger partial charge is 0.137 e. The van der Waals surface area contributed by atoms with Gasteiger partial charge in [0.1, 0.15) is 5.82 Å². The Labute approximate surface area is 89.1 Å². The van der Waals surface area contributed by atoms with Crippen molar-refractivity contribution >= 4 is 16.7 Å². The second-order valence-corrected chi connectivity index (χ2v) is 3.84. The van der Waals surface area contributed by atoms with Crippen LogP contribution < -0.4 is 5.32 Å². The summed E-state index contributed by atoms with van der Waals surface area (Å²) in [6.07, 6.45) is 2.87. The van der Waals surface area contributed by atoms with Crippen molar-refractivity contribution in [2.24, 2.45) is 0 Å². The number of hydrogen-bond donors (Lipinski definition) is 2. The molecule has 1 atom stereocenters. The fourth-order valence-electron chi connectivity index (χ4n) is 1.57. The second-order valence-electron chi connectivity index (χ2n) is 3.84. The van der Waals surface area contributed by atoms with Crippen LogP contribution in [0.5, 0.6) is 0 Å². The van der Waals surface area contributed by atoms with Gasteiger partial charge in [0, 0.05) is 12.2 Å². The lowest BCUT2D eigenvalue weighted by Gasteiger charge is -2.12. The van der Waals surface area contributed by atoms with E-state index in [9.17, 15) is 0 Å². The molecule has 0 saturated heterocycles. The van der Waals surface area contributed by atoms with Gasteiger partial charge in [-0.15, -0.1) is 0 Å². The molecule has 80 valence electrons. The summed E-state index contributed by atoms with van der Waals surface area (Å²) < 4.78 is 0. The van der Waals surface area contributed by atoms with Crippen molar-refractivity contribution in [2.75, 3.05) is 5.32 Å². The first-order chi connectivity index (χ1) is 7.22. The van der Waals surface area contributed by atoms with Gasteiger partial charge in [0.2, 0.25) is 0 Å². The average molecular weight is 204 g/mol. The summed E-state index contributed by atoms with van der Waals surface area (Å²) in [7, 11) is 0. The Balaban J connectivity index is 2.45. The molecule has 0 saturated carbocycles. The number of aromatic amines is 1. The van der Waals surface area contributed by atoms with Gasteiger partial charge in [-0.1, -0.05) is 6.92 Å². The maximum atomic E-state index is 4.36. The largest absolute Gasteiger partial charge is 0.367 e. The van der Waals surface area contributed by atoms with Crippen molar-refractivity contribution in [2.45, 2.75) is 33.2 Å². The molecular formula is C11H16N4. The van der Waals surface area contributed by atoms with Crippen molar-refractivity contribution in [1.29, 1.82) is 0 Å². The van der Waals surface area contributed by atoms with E-state index in [1.807, 2.05) is 13.0 Å². The molecule has 2 N–H and O–H groups in total. The first kappa shape index (κ1) is 9.96. The van der Waals surface area contributed by atoms with Gasteiger partial charge in [0.15, 0.2) is 0 Å². The number of fused-ring (bicyclic) bond motifs is 1. The number of hydrogen-bond acceptors (Lipinski definition) is 3. The Morgan fingerprint density at radius 3 is 3.07 bits per heavy atom. The van der Waals surface area contributed by atoms with E-state index in [4.69, 9.17) is 0 Å². The van der Waals surface area contributed by atoms with Crippen LogP contribution in [0.2, 0.25) is 0 Å². The van der Waals surface area contributed by atoms with Crippen molar-refractivity contribution in [3.05, 3.63) is 18.0 Å². The van der Waals surface area contributed by atoms with Gasteiger partial charge in [-0.3, -0.25) is 5.10 Å². The molecule has 2 aromatic heterocycles. The van der Waals surface area contributed by atoms with E-state index < -0.39 is 0 Å². The molecule has 0 aliphatic heterocycles. The second kappa shape index (κ2) is 3.88. The normalized spacial score (nSPS) is 13.0. The molecule has 2 rings (SSSR count). The monoisotopic (exact) mass is 204 g/mol. The molecule has 0 aliphatic rings. The fraction of sp³-hybridized carbons (Fsp3) is 0.455. The quantitative estimate of drug-likeness (QED) is 0.807. The van der Waals surface area contributed by atoms with E-state index in [1.165, 1.54) is 0 Å². The number of anilines is 1. The number of pyridine rings is 1. The molecule has 0 unspecified atom stereocenters. The number of rotatable bonds is 3. The molecule has 0 radical (unpaired) electrons. The van der Waals surface area contributed by atoms with Crippen LogP contribution in [0.4, 0.5) is 5.82 Å². The van der Waals surface area contributed by atoms with Crippen LogP contribution in [-0.2, 0) is 0 Å². The van der Waals surface area contributed by atoms with Crippen LogP contribution in [0, 0.1) is 6.92 Å². The molecule has 4 heteroatoms. The highest BCUT2D eigenvalue weighted by molar-refractivity contribution is 5.91. The molecule has 2 aromatic rings. The van der Waals surface area contributed by atoms with Crippen molar-refractivity contribution < 1.29 is 0 Å². The zero-order chi connectivity index (χ0) is 10.8. The summed E-state index contributed by atoms with van der Waals surface area (Å²) in [6.45, 7) is 6.29. The number of aromatic nitrogens is 3. The van der Waals surface area contributed by atoms with Crippen molar-refractivity contribution in [3.63, 3.8) is 0 Å². The third kappa shape index (κ3) is 1.79. The van der Waals surface area contributed by atoms with E-state index in [2.05, 4.69) is 34.3 Å². The van der Waals surface area contributed by atoms with Gasteiger partial charge in [0.25, 0.3) is 0 Å². The molecule has 2 heterocycles. The van der Waals surface area contributed by atoms with Crippen LogP contribution in [0.25, 0.3) is 10.9 Å². The molecule has 4 nitrogen and oxygen atoms in total. The van der Waals surface area contributed by atoms with Gasteiger partial charge in [-0.05, 0) is 26.3 Å². The minimum absolute atomic E-state index is 0.428. The number of nitrogens with one attached hydrogen (secondary N) is 2. The summed E-state index contributed by atoms with van der Waals surface area (Å²) in [5, 5.41) is 11.7. The maximum absolute atomic E-state index is 4.36. The molecule has 0 spiro atoms. The highest BCUT2D eigenvalue weighted by Gasteiger charge is 2.09. The van der Waals surface area contributed by atoms with Crippen LogP contribution in [0.3, 0.4) is 0 Å². The van der Waals surface area contributed by atoms with Crippen molar-refractivity contribution in [1.82, 2.24) is 15.2 Å². The Kier molecular flexibility index (Phi) is 2.58. The summed E-state index contributed by atoms with van der Waals surface area (Å²) in [5.74, 6) is 0.924. The zero-order valence-corrected chi connectivity index (χ0v) is 9.33. The third-order valence-electron chi connectivity index (χ3n) is 2.65. The molecule has 0 aromatic carbocycles. The maximum Gasteiger partial charge on any atom is 0.137 e. The van der Waals surface area contributed by atoms with Gasteiger partial charge in [0.05, 0.1) is 16.6 Å². The highest BCUT2D eigenvalue weighted by atomic mass is 15.1. The Morgan fingerprint density at radius 2 is 2.33 bits per heavy atom. The minimum atomic E-state index is 0.428. The third-order valence-corrected chi connectivity index (χ3v) is 2.65. The van der Waals surface area contributed by atoms with Crippen LogP contribution in [0.1, 0.15) is 26.0 Å². The van der Waals surface area contributed by atoms with Gasteiger partial charge >= 0.3 is 0 Å². The van der Waals surface area contributed by atoms with E-state index in [-0.39, 0.29) is 0 Å². The first-order valence-corrected chi connectivity index (χ1v) is 5.28. The summed E-state index contributed by atoms with van der Waals surface area (Å²) in [6, 6.07) is 2.37. The van der Waals surface area contributed by atoms with Crippen LogP contribution >= 0.6 is 0 Å². The Morgan fingerprint density at radius 1 is 1.53 bits per heavy atom. The lowest BCUT2D eigenvalue weighted by Crippen LogP contribution is -2.14. The molecule has 0 aliphatic carbocycles. The standard InChI is InChI=1S/C11H16N4/c1-4-7(2)13-11-10-8(3)14-15-9(10)5-6-12-11/h5-7H,4H2,1-3H3,(H,12,13)(H,14,15)/t7-/m0/s1. The zero-order valence-electron chi connectivity index (χ0n) is 9.33. The van der Waals surface area contributed by atoms with E-state index >= 15 is 0 Å². The van der Waals surface area contributed by atoms with Crippen molar-refractivity contribution in [3.8, 4) is 0 Å². The molecule has 0 fully saturated rings. The molecule has 15 heavy (non-hydrogen) atoms.